The minimum Gasteiger partial charge on any atom is -0.340 e. The molecule has 1 aromatic rings. The fourth-order valence-electron chi connectivity index (χ4n) is 3.65. The van der Waals surface area contributed by atoms with Crippen LogP contribution in [0.1, 0.15) is 38.2 Å². The summed E-state index contributed by atoms with van der Waals surface area (Å²) in [6.45, 7) is 7.07. The Labute approximate surface area is 131 Å². The van der Waals surface area contributed by atoms with Gasteiger partial charge in [0, 0.05) is 38.9 Å². The Morgan fingerprint density at radius 2 is 2.05 bits per heavy atom. The first-order valence-electron chi connectivity index (χ1n) is 8.34. The van der Waals surface area contributed by atoms with Crippen LogP contribution in [0.2, 0.25) is 0 Å². The zero-order valence-corrected chi connectivity index (χ0v) is 13.6. The lowest BCUT2D eigenvalue weighted by molar-refractivity contribution is -0.121. The first-order valence-corrected chi connectivity index (χ1v) is 8.34. The van der Waals surface area contributed by atoms with Gasteiger partial charge in [0.15, 0.2) is 5.82 Å². The van der Waals surface area contributed by atoms with Crippen molar-refractivity contribution in [3.8, 4) is 0 Å². The molecule has 0 unspecified atom stereocenters. The molecule has 1 amide bonds. The molecule has 0 N–H and O–H groups in total. The van der Waals surface area contributed by atoms with E-state index in [9.17, 15) is 4.79 Å². The van der Waals surface area contributed by atoms with Crippen molar-refractivity contribution in [1.82, 2.24) is 9.88 Å². The summed E-state index contributed by atoms with van der Waals surface area (Å²) in [6.07, 6.45) is 4.54. The molecule has 3 aliphatic rings. The summed E-state index contributed by atoms with van der Waals surface area (Å²) in [5, 5.41) is 0. The van der Waals surface area contributed by atoms with Gasteiger partial charge < -0.3 is 9.80 Å². The van der Waals surface area contributed by atoms with Gasteiger partial charge in [0.05, 0.1) is 5.69 Å². The molecular formula is C17H24N4O. The molecule has 5 nitrogen and oxygen atoms in total. The maximum Gasteiger partial charge on any atom is 0.250 e. The summed E-state index contributed by atoms with van der Waals surface area (Å²) >= 11 is 0. The lowest BCUT2D eigenvalue weighted by Crippen LogP contribution is -2.63. The van der Waals surface area contributed by atoms with Gasteiger partial charge in [0.2, 0.25) is 0 Å². The van der Waals surface area contributed by atoms with E-state index in [-0.39, 0.29) is 11.9 Å². The molecule has 0 bridgehead atoms. The van der Waals surface area contributed by atoms with E-state index < -0.39 is 0 Å². The molecule has 1 aromatic heterocycles. The largest absolute Gasteiger partial charge is 0.340 e. The highest BCUT2D eigenvalue weighted by atomic mass is 16.2. The van der Waals surface area contributed by atoms with Crippen LogP contribution in [0, 0.1) is 0 Å². The van der Waals surface area contributed by atoms with Crippen LogP contribution in [0.25, 0.3) is 0 Å². The van der Waals surface area contributed by atoms with E-state index >= 15 is 0 Å². The SMILES string of the molecule is CC(C)N1CCN2c3ncc(C4CC4)cc3N(C)C(=O)[C@H]2C1. The zero-order chi connectivity index (χ0) is 15.4. The van der Waals surface area contributed by atoms with Gasteiger partial charge >= 0.3 is 0 Å². The van der Waals surface area contributed by atoms with Gasteiger partial charge in [-0.25, -0.2) is 4.98 Å². The van der Waals surface area contributed by atoms with Gasteiger partial charge in [-0.2, -0.15) is 0 Å². The van der Waals surface area contributed by atoms with Crippen LogP contribution in [0.15, 0.2) is 12.3 Å². The summed E-state index contributed by atoms with van der Waals surface area (Å²) in [4.78, 5) is 24.0. The normalized spacial score (nSPS) is 25.5. The number of carbonyl (C=O) groups is 1. The van der Waals surface area contributed by atoms with Crippen molar-refractivity contribution in [2.45, 2.75) is 44.7 Å². The molecule has 1 saturated carbocycles. The van der Waals surface area contributed by atoms with E-state index in [1.807, 2.05) is 18.1 Å². The molecule has 3 heterocycles. The van der Waals surface area contributed by atoms with Crippen molar-refractivity contribution in [1.29, 1.82) is 0 Å². The van der Waals surface area contributed by atoms with E-state index in [4.69, 9.17) is 4.98 Å². The van der Waals surface area contributed by atoms with E-state index in [0.717, 1.165) is 31.1 Å². The minimum atomic E-state index is -0.0899. The van der Waals surface area contributed by atoms with Crippen molar-refractivity contribution in [2.75, 3.05) is 36.5 Å². The number of likely N-dealkylation sites (N-methyl/N-ethyl adjacent to an activating group) is 1. The second-order valence-electron chi connectivity index (χ2n) is 7.08. The van der Waals surface area contributed by atoms with E-state index in [0.29, 0.717) is 12.0 Å². The number of pyridine rings is 1. The van der Waals surface area contributed by atoms with Crippen molar-refractivity contribution >= 4 is 17.4 Å². The summed E-state index contributed by atoms with van der Waals surface area (Å²) in [5.74, 6) is 1.85. The second kappa shape index (κ2) is 4.95. The minimum absolute atomic E-state index is 0.0899. The van der Waals surface area contributed by atoms with Crippen LogP contribution < -0.4 is 9.80 Å². The third-order valence-corrected chi connectivity index (χ3v) is 5.31. The number of hydrogen-bond donors (Lipinski definition) is 0. The Morgan fingerprint density at radius 1 is 1.27 bits per heavy atom. The van der Waals surface area contributed by atoms with Crippen LogP contribution in [0.5, 0.6) is 0 Å². The second-order valence-corrected chi connectivity index (χ2v) is 7.08. The molecule has 0 radical (unpaired) electrons. The average molecular weight is 300 g/mol. The number of anilines is 2. The molecule has 22 heavy (non-hydrogen) atoms. The highest BCUT2D eigenvalue weighted by molar-refractivity contribution is 6.04. The lowest BCUT2D eigenvalue weighted by Gasteiger charge is -2.47. The fraction of sp³-hybridized carbons (Fsp3) is 0.647. The maximum atomic E-state index is 12.8. The number of aromatic nitrogens is 1. The Bertz CT molecular complexity index is 611. The van der Waals surface area contributed by atoms with Crippen LogP contribution in [-0.4, -0.2) is 54.6 Å². The van der Waals surface area contributed by atoms with Gasteiger partial charge in [-0.3, -0.25) is 9.69 Å². The Kier molecular flexibility index (Phi) is 3.15. The van der Waals surface area contributed by atoms with Crippen molar-refractivity contribution in [3.05, 3.63) is 17.8 Å². The number of nitrogens with zero attached hydrogens (tertiary/aromatic N) is 4. The summed E-state index contributed by atoms with van der Waals surface area (Å²) < 4.78 is 0. The molecule has 5 heteroatoms. The van der Waals surface area contributed by atoms with Gasteiger partial charge in [0.25, 0.3) is 5.91 Å². The van der Waals surface area contributed by atoms with Gasteiger partial charge in [0.1, 0.15) is 6.04 Å². The topological polar surface area (TPSA) is 39.7 Å². The third-order valence-electron chi connectivity index (χ3n) is 5.31. The van der Waals surface area contributed by atoms with E-state index in [2.05, 4.69) is 29.7 Å². The van der Waals surface area contributed by atoms with Crippen molar-refractivity contribution < 1.29 is 4.79 Å². The maximum absolute atomic E-state index is 12.8. The monoisotopic (exact) mass is 300 g/mol. The predicted molar refractivity (Wildman–Crippen MR) is 87.5 cm³/mol. The number of amides is 1. The summed E-state index contributed by atoms with van der Waals surface area (Å²) in [7, 11) is 1.89. The van der Waals surface area contributed by atoms with E-state index in [1.54, 1.807) is 0 Å². The number of carbonyl (C=O) groups excluding carboxylic acids is 1. The average Bonchev–Trinajstić information content (AvgIpc) is 3.36. The smallest absolute Gasteiger partial charge is 0.250 e. The first-order chi connectivity index (χ1) is 10.6. The van der Waals surface area contributed by atoms with Crippen LogP contribution >= 0.6 is 0 Å². The highest BCUT2D eigenvalue weighted by Crippen LogP contribution is 2.43. The fourth-order valence-corrected chi connectivity index (χ4v) is 3.65. The number of hydrogen-bond acceptors (Lipinski definition) is 4. The Hall–Kier alpha value is -1.62. The Balaban J connectivity index is 1.69. The van der Waals surface area contributed by atoms with Crippen molar-refractivity contribution in [3.63, 3.8) is 0 Å². The number of piperazine rings is 1. The Morgan fingerprint density at radius 3 is 2.73 bits per heavy atom. The molecular weight excluding hydrogens is 276 g/mol. The predicted octanol–water partition coefficient (Wildman–Crippen LogP) is 1.83. The van der Waals surface area contributed by atoms with Gasteiger partial charge in [-0.1, -0.05) is 0 Å². The van der Waals surface area contributed by atoms with Gasteiger partial charge in [-0.05, 0) is 44.2 Å². The molecule has 0 spiro atoms. The molecule has 2 fully saturated rings. The molecule has 2 aliphatic heterocycles. The molecule has 1 atom stereocenters. The molecule has 0 aromatic carbocycles. The number of fused-ring (bicyclic) bond motifs is 3. The van der Waals surface area contributed by atoms with Crippen LogP contribution in [-0.2, 0) is 4.79 Å². The molecule has 1 saturated heterocycles. The van der Waals surface area contributed by atoms with E-state index in [1.165, 1.54) is 18.4 Å². The van der Waals surface area contributed by atoms with Gasteiger partial charge in [-0.15, -0.1) is 0 Å². The lowest BCUT2D eigenvalue weighted by atomic mass is 10.0. The molecule has 1 aliphatic carbocycles. The number of rotatable bonds is 2. The molecule has 4 rings (SSSR count). The van der Waals surface area contributed by atoms with Crippen molar-refractivity contribution in [2.24, 2.45) is 0 Å². The summed E-state index contributed by atoms with van der Waals surface area (Å²) in [5.41, 5.74) is 2.28. The summed E-state index contributed by atoms with van der Waals surface area (Å²) in [6, 6.07) is 2.57. The first kappa shape index (κ1) is 14.0. The molecule has 118 valence electrons. The van der Waals surface area contributed by atoms with Crippen LogP contribution in [0.4, 0.5) is 11.5 Å². The quantitative estimate of drug-likeness (QED) is 0.835. The highest BCUT2D eigenvalue weighted by Gasteiger charge is 2.41. The zero-order valence-electron chi connectivity index (χ0n) is 13.6. The van der Waals surface area contributed by atoms with Crippen LogP contribution in [0.3, 0.4) is 0 Å². The third kappa shape index (κ3) is 2.10. The standard InChI is InChI=1S/C17H24N4O/c1-11(2)20-6-7-21-15(10-20)17(22)19(3)14-8-13(12-4-5-12)9-18-16(14)21/h8-9,11-12,15H,4-7,10H2,1-3H3/t15-/m1/s1.